The number of carbonyl (C=O) groups excluding carboxylic acids is 1. The number of fused-ring (bicyclic) bond motifs is 1. The van der Waals surface area contributed by atoms with Gasteiger partial charge in [0.05, 0.1) is 0 Å². The fourth-order valence-electron chi connectivity index (χ4n) is 2.99. The van der Waals surface area contributed by atoms with E-state index in [1.54, 1.807) is 0 Å². The molecule has 1 heterocycles. The highest BCUT2D eigenvalue weighted by atomic mass is 16.5. The van der Waals surface area contributed by atoms with Crippen molar-refractivity contribution >= 4 is 5.91 Å². The Balaban J connectivity index is 1.46. The van der Waals surface area contributed by atoms with Crippen LogP contribution < -0.4 is 5.32 Å². The molecule has 1 aromatic heterocycles. The molecule has 0 bridgehead atoms. The van der Waals surface area contributed by atoms with Crippen LogP contribution in [0.3, 0.4) is 0 Å². The normalized spacial score (nSPS) is 18.0. The molecule has 114 valence electrons. The Morgan fingerprint density at radius 2 is 2.14 bits per heavy atom. The van der Waals surface area contributed by atoms with Crippen LogP contribution in [0.4, 0.5) is 0 Å². The van der Waals surface area contributed by atoms with Crippen LogP contribution >= 0.6 is 0 Å². The smallest absolute Gasteiger partial charge is 0.251 e. The summed E-state index contributed by atoms with van der Waals surface area (Å²) < 4.78 is 5.26. The van der Waals surface area contributed by atoms with Gasteiger partial charge in [-0.05, 0) is 62.3 Å². The average molecular weight is 297 g/mol. The van der Waals surface area contributed by atoms with Gasteiger partial charge in [-0.15, -0.1) is 0 Å². The predicted molar refractivity (Wildman–Crippen MR) is 80.6 cm³/mol. The van der Waals surface area contributed by atoms with Gasteiger partial charge in [0.15, 0.2) is 5.82 Å². The second kappa shape index (κ2) is 5.23. The summed E-state index contributed by atoms with van der Waals surface area (Å²) >= 11 is 0. The minimum Gasteiger partial charge on any atom is -0.341 e. The van der Waals surface area contributed by atoms with Gasteiger partial charge in [-0.2, -0.15) is 4.98 Å². The second-order valence-corrected chi connectivity index (χ2v) is 6.30. The van der Waals surface area contributed by atoms with E-state index in [0.717, 1.165) is 31.5 Å². The Morgan fingerprint density at radius 1 is 1.32 bits per heavy atom. The molecule has 0 radical (unpaired) electrons. The zero-order valence-corrected chi connectivity index (χ0v) is 12.6. The van der Waals surface area contributed by atoms with Gasteiger partial charge >= 0.3 is 0 Å². The van der Waals surface area contributed by atoms with Crippen molar-refractivity contribution in [1.29, 1.82) is 0 Å². The minimum atomic E-state index is -0.277. The van der Waals surface area contributed by atoms with Crippen molar-refractivity contribution in [2.24, 2.45) is 0 Å². The van der Waals surface area contributed by atoms with Gasteiger partial charge in [0.25, 0.3) is 5.91 Å². The Kier molecular flexibility index (Phi) is 3.21. The SMILES string of the molecule is CC(NC(=O)c1ccc2c(c1)CCC2)c1nc(C2CC2)no1. The van der Waals surface area contributed by atoms with E-state index < -0.39 is 0 Å². The van der Waals surface area contributed by atoms with Crippen molar-refractivity contribution in [2.75, 3.05) is 0 Å². The van der Waals surface area contributed by atoms with Crippen LogP contribution in [0.2, 0.25) is 0 Å². The zero-order chi connectivity index (χ0) is 15.1. The lowest BCUT2D eigenvalue weighted by Crippen LogP contribution is -2.27. The fraction of sp³-hybridized carbons (Fsp3) is 0.471. The van der Waals surface area contributed by atoms with Crippen LogP contribution in [0.5, 0.6) is 0 Å². The van der Waals surface area contributed by atoms with Crippen molar-refractivity contribution < 1.29 is 9.32 Å². The van der Waals surface area contributed by atoms with Gasteiger partial charge in [0, 0.05) is 11.5 Å². The maximum absolute atomic E-state index is 12.4. The van der Waals surface area contributed by atoms with E-state index in [4.69, 9.17) is 4.52 Å². The third-order valence-electron chi connectivity index (χ3n) is 4.48. The molecule has 0 aliphatic heterocycles. The number of nitrogens with one attached hydrogen (secondary N) is 1. The summed E-state index contributed by atoms with van der Waals surface area (Å²) in [5.41, 5.74) is 3.37. The maximum Gasteiger partial charge on any atom is 0.251 e. The molecule has 1 saturated carbocycles. The van der Waals surface area contributed by atoms with Crippen molar-refractivity contribution in [3.63, 3.8) is 0 Å². The number of aryl methyl sites for hydroxylation is 2. The van der Waals surface area contributed by atoms with Gasteiger partial charge in [0.1, 0.15) is 6.04 Å². The monoisotopic (exact) mass is 297 g/mol. The topological polar surface area (TPSA) is 68.0 Å². The van der Waals surface area contributed by atoms with Crippen molar-refractivity contribution in [3.8, 4) is 0 Å². The first-order valence-electron chi connectivity index (χ1n) is 7.97. The van der Waals surface area contributed by atoms with Crippen LogP contribution in [0.1, 0.15) is 71.3 Å². The summed E-state index contributed by atoms with van der Waals surface area (Å²) in [5.74, 6) is 1.62. The highest BCUT2D eigenvalue weighted by Gasteiger charge is 2.30. The van der Waals surface area contributed by atoms with Gasteiger partial charge in [0.2, 0.25) is 5.89 Å². The molecule has 4 rings (SSSR count). The third kappa shape index (κ3) is 2.51. The van der Waals surface area contributed by atoms with Crippen molar-refractivity contribution in [3.05, 3.63) is 46.6 Å². The van der Waals surface area contributed by atoms with Gasteiger partial charge in [-0.3, -0.25) is 4.79 Å². The highest BCUT2D eigenvalue weighted by molar-refractivity contribution is 5.94. The van der Waals surface area contributed by atoms with Crippen molar-refractivity contribution in [2.45, 2.75) is 51.0 Å². The van der Waals surface area contributed by atoms with E-state index in [9.17, 15) is 4.79 Å². The quantitative estimate of drug-likeness (QED) is 0.942. The van der Waals surface area contributed by atoms with E-state index in [1.807, 2.05) is 19.1 Å². The number of nitrogens with zero attached hydrogens (tertiary/aromatic N) is 2. The number of carbonyl (C=O) groups is 1. The Hall–Kier alpha value is -2.17. The molecule has 1 amide bonds. The Morgan fingerprint density at radius 3 is 2.95 bits per heavy atom. The molecule has 22 heavy (non-hydrogen) atoms. The lowest BCUT2D eigenvalue weighted by molar-refractivity contribution is 0.0932. The molecule has 2 aliphatic rings. The van der Waals surface area contributed by atoms with E-state index >= 15 is 0 Å². The first-order chi connectivity index (χ1) is 10.7. The number of rotatable bonds is 4. The molecule has 5 heteroatoms. The van der Waals surface area contributed by atoms with E-state index in [1.165, 1.54) is 17.5 Å². The Labute approximate surface area is 129 Å². The molecule has 1 aromatic carbocycles. The van der Waals surface area contributed by atoms with Gasteiger partial charge in [-0.25, -0.2) is 0 Å². The molecule has 1 atom stereocenters. The molecule has 1 N–H and O–H groups in total. The minimum absolute atomic E-state index is 0.0895. The second-order valence-electron chi connectivity index (χ2n) is 6.30. The van der Waals surface area contributed by atoms with Crippen LogP contribution in [0.15, 0.2) is 22.7 Å². The highest BCUT2D eigenvalue weighted by Crippen LogP contribution is 2.38. The summed E-state index contributed by atoms with van der Waals surface area (Å²) in [5, 5.41) is 6.93. The summed E-state index contributed by atoms with van der Waals surface area (Å²) in [6, 6.07) is 5.70. The molecule has 1 unspecified atom stereocenters. The van der Waals surface area contributed by atoms with E-state index in [0.29, 0.717) is 17.4 Å². The predicted octanol–water partition coefficient (Wildman–Crippen LogP) is 2.93. The van der Waals surface area contributed by atoms with Crippen LogP contribution in [-0.2, 0) is 12.8 Å². The molecular weight excluding hydrogens is 278 g/mol. The number of hydrogen-bond donors (Lipinski definition) is 1. The average Bonchev–Trinajstić information content (AvgIpc) is 3.07. The summed E-state index contributed by atoms with van der Waals surface area (Å²) in [6.07, 6.45) is 5.65. The molecule has 2 aliphatic carbocycles. The third-order valence-corrected chi connectivity index (χ3v) is 4.48. The molecular formula is C17H19N3O2. The summed E-state index contributed by atoms with van der Waals surface area (Å²) in [7, 11) is 0. The molecule has 0 spiro atoms. The maximum atomic E-state index is 12.4. The van der Waals surface area contributed by atoms with Crippen LogP contribution in [0, 0.1) is 0 Å². The summed E-state index contributed by atoms with van der Waals surface area (Å²) in [4.78, 5) is 16.8. The lowest BCUT2D eigenvalue weighted by Gasteiger charge is -2.10. The number of benzene rings is 1. The zero-order valence-electron chi connectivity index (χ0n) is 12.6. The first kappa shape index (κ1) is 13.5. The first-order valence-corrected chi connectivity index (χ1v) is 7.97. The molecule has 1 fully saturated rings. The lowest BCUT2D eigenvalue weighted by atomic mass is 10.1. The van der Waals surface area contributed by atoms with Crippen LogP contribution in [0.25, 0.3) is 0 Å². The molecule has 5 nitrogen and oxygen atoms in total. The number of hydrogen-bond acceptors (Lipinski definition) is 4. The van der Waals surface area contributed by atoms with E-state index in [2.05, 4.69) is 21.5 Å². The fourth-order valence-corrected chi connectivity index (χ4v) is 2.99. The summed E-state index contributed by atoms with van der Waals surface area (Å²) in [6.45, 7) is 1.87. The van der Waals surface area contributed by atoms with Gasteiger partial charge < -0.3 is 9.84 Å². The molecule has 0 saturated heterocycles. The molecule has 2 aromatic rings. The number of amides is 1. The largest absolute Gasteiger partial charge is 0.341 e. The van der Waals surface area contributed by atoms with E-state index in [-0.39, 0.29) is 11.9 Å². The van der Waals surface area contributed by atoms with Crippen LogP contribution in [-0.4, -0.2) is 16.0 Å². The van der Waals surface area contributed by atoms with Gasteiger partial charge in [-0.1, -0.05) is 11.2 Å². The van der Waals surface area contributed by atoms with Crippen molar-refractivity contribution in [1.82, 2.24) is 15.5 Å². The number of aromatic nitrogens is 2. The standard InChI is InChI=1S/C17H19N3O2/c1-10(17-19-15(20-22-17)12-6-7-12)18-16(21)14-8-5-11-3-2-4-13(11)9-14/h5,8-10,12H,2-4,6-7H2,1H3,(H,18,21). The Bertz CT molecular complexity index is 718.